The molecule has 0 fully saturated rings. The van der Waals surface area contributed by atoms with Crippen LogP contribution in [0.2, 0.25) is 0 Å². The molecule has 0 aliphatic heterocycles. The third kappa shape index (κ3) is 5.17. The normalized spacial score (nSPS) is 9.93. The molecular weight excluding hydrogens is 368 g/mol. The Morgan fingerprint density at radius 2 is 1.76 bits per heavy atom. The molecule has 1 heterocycles. The van der Waals surface area contributed by atoms with Crippen LogP contribution in [0.1, 0.15) is 33.3 Å². The number of pyridine rings is 1. The van der Waals surface area contributed by atoms with Crippen LogP contribution in [0.3, 0.4) is 0 Å². The largest absolute Gasteiger partial charge is 0.494 e. The lowest BCUT2D eigenvalue weighted by atomic mass is 10.2. The Bertz CT molecular complexity index is 1070. The Kier molecular flexibility index (Phi) is 6.18. The van der Waals surface area contributed by atoms with Gasteiger partial charge < -0.3 is 15.4 Å². The van der Waals surface area contributed by atoms with Crippen molar-refractivity contribution >= 4 is 23.2 Å². The molecule has 0 spiro atoms. The number of carbonyl (C=O) groups excluding carboxylic acids is 2. The van der Waals surface area contributed by atoms with Crippen LogP contribution >= 0.6 is 0 Å². The van der Waals surface area contributed by atoms with E-state index in [4.69, 9.17) is 10.00 Å². The summed E-state index contributed by atoms with van der Waals surface area (Å²) in [5, 5.41) is 14.4. The first-order valence-corrected chi connectivity index (χ1v) is 8.91. The number of nitriles is 1. The number of benzene rings is 2. The Morgan fingerprint density at radius 3 is 2.48 bits per heavy atom. The predicted octanol–water partition coefficient (Wildman–Crippen LogP) is 3.86. The Morgan fingerprint density at radius 1 is 1.00 bits per heavy atom. The van der Waals surface area contributed by atoms with Gasteiger partial charge in [0, 0.05) is 23.1 Å². The van der Waals surface area contributed by atoms with Crippen molar-refractivity contribution in [2.45, 2.75) is 6.92 Å². The third-order valence-corrected chi connectivity index (χ3v) is 3.93. The van der Waals surface area contributed by atoms with Crippen LogP contribution in [-0.4, -0.2) is 23.4 Å². The van der Waals surface area contributed by atoms with E-state index in [-0.39, 0.29) is 11.6 Å². The fourth-order valence-electron chi connectivity index (χ4n) is 2.56. The second-order valence-corrected chi connectivity index (χ2v) is 5.99. The Hall–Kier alpha value is -4.18. The van der Waals surface area contributed by atoms with Crippen LogP contribution in [-0.2, 0) is 0 Å². The summed E-state index contributed by atoms with van der Waals surface area (Å²) in [7, 11) is 0. The highest BCUT2D eigenvalue weighted by atomic mass is 16.5. The topological polar surface area (TPSA) is 104 Å². The van der Waals surface area contributed by atoms with E-state index < -0.39 is 5.91 Å². The van der Waals surface area contributed by atoms with Crippen molar-refractivity contribution in [1.29, 1.82) is 5.26 Å². The second-order valence-electron chi connectivity index (χ2n) is 5.99. The summed E-state index contributed by atoms with van der Waals surface area (Å²) in [6, 6.07) is 18.5. The number of ether oxygens (including phenoxy) is 1. The van der Waals surface area contributed by atoms with Gasteiger partial charge in [-0.2, -0.15) is 5.26 Å². The molecule has 2 aromatic carbocycles. The van der Waals surface area contributed by atoms with Gasteiger partial charge in [-0.3, -0.25) is 14.6 Å². The number of rotatable bonds is 6. The average Bonchev–Trinajstić information content (AvgIpc) is 2.75. The summed E-state index contributed by atoms with van der Waals surface area (Å²) in [6.45, 7) is 2.46. The number of hydrogen-bond acceptors (Lipinski definition) is 5. The molecule has 0 unspecified atom stereocenters. The fraction of sp³-hybridized carbons (Fsp3) is 0.0909. The molecule has 7 heteroatoms. The van der Waals surface area contributed by atoms with E-state index in [1.807, 2.05) is 13.0 Å². The maximum absolute atomic E-state index is 12.5. The van der Waals surface area contributed by atoms with Gasteiger partial charge in [-0.05, 0) is 61.5 Å². The number of anilines is 2. The zero-order valence-electron chi connectivity index (χ0n) is 15.7. The molecule has 3 aromatic rings. The highest BCUT2D eigenvalue weighted by Gasteiger charge is 2.13. The van der Waals surface area contributed by atoms with Gasteiger partial charge >= 0.3 is 0 Å². The van der Waals surface area contributed by atoms with Crippen molar-refractivity contribution in [1.82, 2.24) is 4.98 Å². The summed E-state index contributed by atoms with van der Waals surface area (Å²) < 4.78 is 5.37. The Balaban J connectivity index is 1.70. The predicted molar refractivity (Wildman–Crippen MR) is 109 cm³/mol. The van der Waals surface area contributed by atoms with Crippen molar-refractivity contribution in [2.75, 3.05) is 17.2 Å². The van der Waals surface area contributed by atoms with Gasteiger partial charge in [-0.15, -0.1) is 0 Å². The lowest BCUT2D eigenvalue weighted by Crippen LogP contribution is -2.17. The van der Waals surface area contributed by atoms with Crippen molar-refractivity contribution in [2.24, 2.45) is 0 Å². The van der Waals surface area contributed by atoms with E-state index in [1.165, 1.54) is 18.3 Å². The molecule has 0 atom stereocenters. The van der Waals surface area contributed by atoms with Crippen LogP contribution in [0, 0.1) is 11.3 Å². The minimum Gasteiger partial charge on any atom is -0.494 e. The van der Waals surface area contributed by atoms with E-state index in [9.17, 15) is 9.59 Å². The lowest BCUT2D eigenvalue weighted by Gasteiger charge is -2.08. The molecule has 0 aliphatic carbocycles. The fourth-order valence-corrected chi connectivity index (χ4v) is 2.56. The van der Waals surface area contributed by atoms with E-state index in [0.717, 1.165) is 0 Å². The highest BCUT2D eigenvalue weighted by molar-refractivity contribution is 6.07. The van der Waals surface area contributed by atoms with Crippen molar-refractivity contribution < 1.29 is 14.3 Å². The van der Waals surface area contributed by atoms with E-state index in [2.05, 4.69) is 15.6 Å². The molecule has 2 amide bonds. The average molecular weight is 386 g/mol. The van der Waals surface area contributed by atoms with Crippen LogP contribution < -0.4 is 15.4 Å². The molecule has 144 valence electrons. The molecule has 0 saturated heterocycles. The zero-order valence-corrected chi connectivity index (χ0v) is 15.7. The first-order valence-electron chi connectivity index (χ1n) is 8.91. The number of nitrogens with one attached hydrogen (secondary N) is 2. The summed E-state index contributed by atoms with van der Waals surface area (Å²) in [4.78, 5) is 29.0. The van der Waals surface area contributed by atoms with E-state index >= 15 is 0 Å². The van der Waals surface area contributed by atoms with Crippen LogP contribution in [0.25, 0.3) is 0 Å². The van der Waals surface area contributed by atoms with Gasteiger partial charge in [0.05, 0.1) is 18.2 Å². The van der Waals surface area contributed by atoms with Crippen molar-refractivity contribution in [3.05, 3.63) is 83.7 Å². The maximum Gasteiger partial charge on any atom is 0.274 e. The van der Waals surface area contributed by atoms with Crippen molar-refractivity contribution in [3.63, 3.8) is 0 Å². The zero-order chi connectivity index (χ0) is 20.6. The molecule has 0 aliphatic rings. The molecule has 7 nitrogen and oxygen atoms in total. The van der Waals surface area contributed by atoms with Gasteiger partial charge in [0.25, 0.3) is 11.8 Å². The first kappa shape index (κ1) is 19.6. The number of carbonyl (C=O) groups is 2. The molecule has 1 aromatic heterocycles. The molecule has 0 bridgehead atoms. The smallest absolute Gasteiger partial charge is 0.274 e. The van der Waals surface area contributed by atoms with Crippen LogP contribution in [0.5, 0.6) is 5.75 Å². The molecule has 3 rings (SSSR count). The molecule has 2 N–H and O–H groups in total. The number of hydrogen-bond donors (Lipinski definition) is 2. The minimum absolute atomic E-state index is 0.0895. The third-order valence-electron chi connectivity index (χ3n) is 3.93. The number of aromatic nitrogens is 1. The van der Waals surface area contributed by atoms with Gasteiger partial charge in [-0.1, -0.05) is 6.07 Å². The summed E-state index contributed by atoms with van der Waals surface area (Å²) >= 11 is 0. The lowest BCUT2D eigenvalue weighted by molar-refractivity contribution is 0.102. The number of amides is 2. The standard InChI is InChI=1S/C22H18N4O3/c1-2-29-19-8-6-17(7-9-19)25-21(27)16-10-11-24-20(13-16)22(28)26-18-5-3-4-15(12-18)14-23/h3-13H,2H2,1H3,(H,25,27)(H,26,28). The monoisotopic (exact) mass is 386 g/mol. The maximum atomic E-state index is 12.5. The van der Waals surface area contributed by atoms with Crippen molar-refractivity contribution in [3.8, 4) is 11.8 Å². The van der Waals surface area contributed by atoms with Gasteiger partial charge in [0.15, 0.2) is 0 Å². The van der Waals surface area contributed by atoms with Crippen LogP contribution in [0.15, 0.2) is 66.9 Å². The van der Waals surface area contributed by atoms with E-state index in [1.54, 1.807) is 48.5 Å². The SMILES string of the molecule is CCOc1ccc(NC(=O)c2ccnc(C(=O)Nc3cccc(C#N)c3)c2)cc1. The second kappa shape index (κ2) is 9.15. The quantitative estimate of drug-likeness (QED) is 0.669. The van der Waals surface area contributed by atoms with Gasteiger partial charge in [0.2, 0.25) is 0 Å². The summed E-state index contributed by atoms with van der Waals surface area (Å²) in [6.07, 6.45) is 1.40. The Labute approximate surface area is 168 Å². The minimum atomic E-state index is -0.476. The first-order chi connectivity index (χ1) is 14.1. The van der Waals surface area contributed by atoms with Gasteiger partial charge in [-0.25, -0.2) is 0 Å². The summed E-state index contributed by atoms with van der Waals surface area (Å²) in [5.74, 6) is -0.123. The van der Waals surface area contributed by atoms with Gasteiger partial charge in [0.1, 0.15) is 11.4 Å². The van der Waals surface area contributed by atoms with Crippen LogP contribution in [0.4, 0.5) is 11.4 Å². The molecular formula is C22H18N4O3. The molecule has 29 heavy (non-hydrogen) atoms. The summed E-state index contributed by atoms with van der Waals surface area (Å²) in [5.41, 5.74) is 1.89. The highest BCUT2D eigenvalue weighted by Crippen LogP contribution is 2.17. The number of nitrogens with zero attached hydrogens (tertiary/aromatic N) is 2. The molecule has 0 radical (unpaired) electrons. The molecule has 0 saturated carbocycles. The van der Waals surface area contributed by atoms with E-state index in [0.29, 0.717) is 34.9 Å².